The molecule has 140 valence electrons. The molecule has 1 N–H and O–H groups in total. The first kappa shape index (κ1) is 18.3. The first-order valence-electron chi connectivity index (χ1n) is 8.31. The molecule has 5 nitrogen and oxygen atoms in total. The van der Waals surface area contributed by atoms with E-state index in [1.807, 2.05) is 29.6 Å². The van der Waals surface area contributed by atoms with Crippen molar-refractivity contribution in [1.29, 1.82) is 0 Å². The third kappa shape index (κ3) is 3.54. The number of hydrogen-bond acceptors (Lipinski definition) is 4. The molecule has 0 radical (unpaired) electrons. The van der Waals surface area contributed by atoms with E-state index in [1.165, 1.54) is 23.5 Å². The highest BCUT2D eigenvalue weighted by Crippen LogP contribution is 2.28. The number of benzene rings is 2. The lowest BCUT2D eigenvalue weighted by Crippen LogP contribution is -2.30. The number of anilines is 1. The van der Waals surface area contributed by atoms with Gasteiger partial charge in [-0.25, -0.2) is 9.07 Å². The van der Waals surface area contributed by atoms with E-state index in [0.717, 1.165) is 21.0 Å². The van der Waals surface area contributed by atoms with Gasteiger partial charge in [0.1, 0.15) is 18.1 Å². The highest BCUT2D eigenvalue weighted by molar-refractivity contribution is 7.13. The van der Waals surface area contributed by atoms with Crippen LogP contribution in [-0.4, -0.2) is 15.7 Å². The summed E-state index contributed by atoms with van der Waals surface area (Å²) in [5.74, 6) is -1.04. The summed E-state index contributed by atoms with van der Waals surface area (Å²) in [6.07, 6.45) is 0. The highest BCUT2D eigenvalue weighted by Gasteiger charge is 2.15. The summed E-state index contributed by atoms with van der Waals surface area (Å²) in [4.78, 5) is 26.1. The standard InChI is InChI=1S/C20H13ClFN3O2S/c21-15-10-12(7-8-16(15)22)23-18(26)11-25-20(27)14-5-2-1-4-13(14)19(24-25)17-6-3-9-28-17/h1-10H,11H2,(H,23,26). The van der Waals surface area contributed by atoms with Crippen molar-refractivity contribution in [1.82, 2.24) is 9.78 Å². The van der Waals surface area contributed by atoms with Crippen LogP contribution < -0.4 is 10.9 Å². The largest absolute Gasteiger partial charge is 0.324 e. The zero-order valence-electron chi connectivity index (χ0n) is 14.4. The van der Waals surface area contributed by atoms with E-state index in [9.17, 15) is 14.0 Å². The summed E-state index contributed by atoms with van der Waals surface area (Å²) >= 11 is 7.23. The Morgan fingerprint density at radius 3 is 2.64 bits per heavy atom. The van der Waals surface area contributed by atoms with Crippen molar-refractivity contribution >= 4 is 45.3 Å². The van der Waals surface area contributed by atoms with Crippen LogP contribution in [0.2, 0.25) is 5.02 Å². The average Bonchev–Trinajstić information content (AvgIpc) is 3.21. The van der Waals surface area contributed by atoms with E-state index >= 15 is 0 Å². The van der Waals surface area contributed by atoms with Crippen molar-refractivity contribution in [3.63, 3.8) is 0 Å². The molecule has 2 aromatic carbocycles. The van der Waals surface area contributed by atoms with Crippen LogP contribution in [-0.2, 0) is 11.3 Å². The van der Waals surface area contributed by atoms with E-state index < -0.39 is 11.7 Å². The van der Waals surface area contributed by atoms with Crippen molar-refractivity contribution in [3.8, 4) is 10.6 Å². The van der Waals surface area contributed by atoms with Crippen molar-refractivity contribution in [2.45, 2.75) is 6.54 Å². The van der Waals surface area contributed by atoms with Gasteiger partial charge in [0.2, 0.25) is 5.91 Å². The Hall–Kier alpha value is -3.03. The zero-order valence-corrected chi connectivity index (χ0v) is 15.9. The topological polar surface area (TPSA) is 64.0 Å². The second-order valence-electron chi connectivity index (χ2n) is 6.01. The van der Waals surface area contributed by atoms with E-state index in [1.54, 1.807) is 12.1 Å². The van der Waals surface area contributed by atoms with E-state index in [-0.39, 0.29) is 17.1 Å². The predicted octanol–water partition coefficient (Wildman–Crippen LogP) is 4.56. The SMILES string of the molecule is O=C(Cn1nc(-c2cccs2)c2ccccc2c1=O)Nc1ccc(F)c(Cl)c1. The molecule has 0 aliphatic rings. The van der Waals surface area contributed by atoms with Crippen LogP contribution in [0.15, 0.2) is 64.8 Å². The third-order valence-corrected chi connectivity index (χ3v) is 5.29. The van der Waals surface area contributed by atoms with Crippen LogP contribution in [0.25, 0.3) is 21.3 Å². The Kier molecular flexibility index (Phi) is 4.93. The molecule has 0 bridgehead atoms. The average molecular weight is 414 g/mol. The van der Waals surface area contributed by atoms with E-state index in [4.69, 9.17) is 11.6 Å². The minimum atomic E-state index is -0.576. The Bertz CT molecular complexity index is 1240. The van der Waals surface area contributed by atoms with Gasteiger partial charge in [0, 0.05) is 11.1 Å². The number of carbonyl (C=O) groups excluding carboxylic acids is 1. The van der Waals surface area contributed by atoms with Gasteiger partial charge in [0.25, 0.3) is 5.56 Å². The van der Waals surface area contributed by atoms with Crippen molar-refractivity contribution < 1.29 is 9.18 Å². The second kappa shape index (κ2) is 7.53. The Labute approximate surface area is 168 Å². The van der Waals surface area contributed by atoms with Gasteiger partial charge in [-0.05, 0) is 35.7 Å². The normalized spacial score (nSPS) is 10.9. The molecular weight excluding hydrogens is 401 g/mol. The molecule has 4 rings (SSSR count). The minimum Gasteiger partial charge on any atom is -0.324 e. The van der Waals surface area contributed by atoms with Crippen LogP contribution in [0.3, 0.4) is 0 Å². The first-order valence-corrected chi connectivity index (χ1v) is 9.57. The molecular formula is C20H13ClFN3O2S. The van der Waals surface area contributed by atoms with E-state index in [0.29, 0.717) is 16.8 Å². The molecule has 0 fully saturated rings. The number of rotatable bonds is 4. The number of carbonyl (C=O) groups is 1. The van der Waals surface area contributed by atoms with E-state index in [2.05, 4.69) is 10.4 Å². The van der Waals surface area contributed by atoms with Crippen LogP contribution in [0.4, 0.5) is 10.1 Å². The number of hydrogen-bond donors (Lipinski definition) is 1. The van der Waals surface area contributed by atoms with Crippen LogP contribution in [0, 0.1) is 5.82 Å². The minimum absolute atomic E-state index is 0.0984. The maximum Gasteiger partial charge on any atom is 0.275 e. The third-order valence-electron chi connectivity index (χ3n) is 4.12. The molecule has 0 unspecified atom stereocenters. The van der Waals surface area contributed by atoms with Crippen LogP contribution in [0.5, 0.6) is 0 Å². The zero-order chi connectivity index (χ0) is 19.7. The van der Waals surface area contributed by atoms with Crippen LogP contribution >= 0.6 is 22.9 Å². The van der Waals surface area contributed by atoms with Crippen LogP contribution in [0.1, 0.15) is 0 Å². The number of thiophene rings is 1. The molecule has 0 aliphatic heterocycles. The molecule has 8 heteroatoms. The Balaban J connectivity index is 1.70. The molecule has 28 heavy (non-hydrogen) atoms. The summed E-state index contributed by atoms with van der Waals surface area (Å²) in [5, 5.41) is 10.1. The van der Waals surface area contributed by atoms with Gasteiger partial charge in [-0.15, -0.1) is 11.3 Å². The smallest absolute Gasteiger partial charge is 0.275 e. The predicted molar refractivity (Wildman–Crippen MR) is 109 cm³/mol. The van der Waals surface area contributed by atoms with Gasteiger partial charge in [-0.3, -0.25) is 9.59 Å². The van der Waals surface area contributed by atoms with Gasteiger partial charge in [0.15, 0.2) is 0 Å². The molecule has 0 saturated carbocycles. The lowest BCUT2D eigenvalue weighted by molar-refractivity contribution is -0.117. The molecule has 0 aliphatic carbocycles. The molecule has 0 atom stereocenters. The molecule has 0 saturated heterocycles. The van der Waals surface area contributed by atoms with Crippen molar-refractivity contribution in [3.05, 3.63) is 81.2 Å². The van der Waals surface area contributed by atoms with Gasteiger partial charge < -0.3 is 5.32 Å². The number of nitrogens with zero attached hydrogens (tertiary/aromatic N) is 2. The summed E-state index contributed by atoms with van der Waals surface area (Å²) in [6.45, 7) is -0.281. The fourth-order valence-corrected chi connectivity index (χ4v) is 3.75. The van der Waals surface area contributed by atoms with Crippen molar-refractivity contribution in [2.24, 2.45) is 0 Å². The fraction of sp³-hybridized carbons (Fsp3) is 0.0500. The van der Waals surface area contributed by atoms with Gasteiger partial charge in [0.05, 0.1) is 15.3 Å². The quantitative estimate of drug-likeness (QED) is 0.533. The van der Waals surface area contributed by atoms with Gasteiger partial charge in [-0.2, -0.15) is 5.10 Å². The Morgan fingerprint density at radius 2 is 1.93 bits per heavy atom. The number of fused-ring (bicyclic) bond motifs is 1. The monoisotopic (exact) mass is 413 g/mol. The van der Waals surface area contributed by atoms with Crippen molar-refractivity contribution in [2.75, 3.05) is 5.32 Å². The lowest BCUT2D eigenvalue weighted by Gasteiger charge is -2.11. The number of nitrogens with one attached hydrogen (secondary N) is 1. The number of halogens is 2. The molecule has 4 aromatic rings. The first-order chi connectivity index (χ1) is 13.5. The maximum absolute atomic E-state index is 13.3. The van der Waals surface area contributed by atoms with Gasteiger partial charge >= 0.3 is 0 Å². The Morgan fingerprint density at radius 1 is 1.14 bits per heavy atom. The molecule has 0 spiro atoms. The van der Waals surface area contributed by atoms with Gasteiger partial charge in [-0.1, -0.05) is 35.9 Å². The summed E-state index contributed by atoms with van der Waals surface area (Å²) in [7, 11) is 0. The summed E-state index contributed by atoms with van der Waals surface area (Å²) in [5.41, 5.74) is 0.620. The molecule has 2 aromatic heterocycles. The maximum atomic E-state index is 13.3. The number of amides is 1. The molecule has 1 amide bonds. The fourth-order valence-electron chi connectivity index (χ4n) is 2.85. The molecule has 2 heterocycles. The highest BCUT2D eigenvalue weighted by atomic mass is 35.5. The second-order valence-corrected chi connectivity index (χ2v) is 7.37. The lowest BCUT2D eigenvalue weighted by atomic mass is 10.1. The number of aromatic nitrogens is 2. The summed E-state index contributed by atoms with van der Waals surface area (Å²) < 4.78 is 14.4. The summed E-state index contributed by atoms with van der Waals surface area (Å²) in [6, 6.07) is 14.8.